The molecule has 1 aliphatic heterocycles. The van der Waals surface area contributed by atoms with E-state index in [9.17, 15) is 4.79 Å². The van der Waals surface area contributed by atoms with Gasteiger partial charge in [0.15, 0.2) is 0 Å². The molecule has 1 aliphatic rings. The zero-order valence-electron chi connectivity index (χ0n) is 17.5. The van der Waals surface area contributed by atoms with Crippen LogP contribution in [0.15, 0.2) is 58.7 Å². The predicted molar refractivity (Wildman–Crippen MR) is 124 cm³/mol. The Hall–Kier alpha value is -3.03. The molecule has 1 fully saturated rings. The quantitative estimate of drug-likeness (QED) is 0.377. The normalized spacial score (nSPS) is 15.9. The number of aryl methyl sites for hydroxylation is 1. The fraction of sp³-hybridized carbons (Fsp3) is 0.250. The third kappa shape index (κ3) is 4.06. The molecule has 0 radical (unpaired) electrons. The van der Waals surface area contributed by atoms with Crippen molar-refractivity contribution in [2.75, 3.05) is 6.54 Å². The van der Waals surface area contributed by atoms with Crippen LogP contribution in [0.1, 0.15) is 52.1 Å². The smallest absolute Gasteiger partial charge is 0.256 e. The van der Waals surface area contributed by atoms with E-state index in [1.807, 2.05) is 48.2 Å². The first kappa shape index (κ1) is 20.8. The molecule has 3 aromatic heterocycles. The SMILES string of the molecule is Cc1ncsc1-c1ccc(C(=O)N2CCCC2c2ncc(Cc3ccccc3Cl)o2)cn1. The fourth-order valence-corrected chi connectivity index (χ4v) is 5.01. The molecule has 6 nitrogen and oxygen atoms in total. The molecular weight excluding hydrogens is 444 g/mol. The van der Waals surface area contributed by atoms with Gasteiger partial charge in [-0.2, -0.15) is 0 Å². The summed E-state index contributed by atoms with van der Waals surface area (Å²) in [6.07, 6.45) is 5.67. The fourth-order valence-electron chi connectivity index (χ4n) is 4.02. The molecule has 1 unspecified atom stereocenters. The van der Waals surface area contributed by atoms with Crippen molar-refractivity contribution >= 4 is 28.8 Å². The van der Waals surface area contributed by atoms with Gasteiger partial charge in [0.1, 0.15) is 11.8 Å². The van der Waals surface area contributed by atoms with Crippen molar-refractivity contribution in [1.29, 1.82) is 0 Å². The number of carbonyl (C=O) groups is 1. The van der Waals surface area contributed by atoms with Gasteiger partial charge in [-0.1, -0.05) is 29.8 Å². The van der Waals surface area contributed by atoms with Gasteiger partial charge in [0.25, 0.3) is 5.91 Å². The summed E-state index contributed by atoms with van der Waals surface area (Å²) in [5.41, 5.74) is 5.12. The molecule has 0 bridgehead atoms. The summed E-state index contributed by atoms with van der Waals surface area (Å²) in [5.74, 6) is 1.25. The average molecular weight is 465 g/mol. The summed E-state index contributed by atoms with van der Waals surface area (Å²) < 4.78 is 6.04. The van der Waals surface area contributed by atoms with Crippen molar-refractivity contribution < 1.29 is 9.21 Å². The number of halogens is 1. The van der Waals surface area contributed by atoms with Gasteiger partial charge in [0.05, 0.1) is 33.5 Å². The van der Waals surface area contributed by atoms with Crippen molar-refractivity contribution in [3.8, 4) is 10.6 Å². The standard InChI is InChI=1S/C24H21ClN4O2S/c1-15-22(32-14-28-15)20-9-8-17(12-26-20)24(30)29-10-4-7-21(29)23-27-13-18(31-23)11-16-5-2-3-6-19(16)25/h2-3,5-6,8-9,12-14,21H,4,7,10-11H2,1H3. The number of rotatable bonds is 5. The molecule has 1 atom stereocenters. The second-order valence-corrected chi connectivity index (χ2v) is 9.05. The van der Waals surface area contributed by atoms with E-state index in [0.29, 0.717) is 29.4 Å². The van der Waals surface area contributed by atoms with Crippen molar-refractivity contribution in [2.45, 2.75) is 32.2 Å². The van der Waals surface area contributed by atoms with Crippen LogP contribution in [0.2, 0.25) is 5.02 Å². The minimum Gasteiger partial charge on any atom is -0.443 e. The summed E-state index contributed by atoms with van der Waals surface area (Å²) in [6.45, 7) is 2.62. The number of likely N-dealkylation sites (tertiary alicyclic amines) is 1. The van der Waals surface area contributed by atoms with Gasteiger partial charge in [-0.25, -0.2) is 9.97 Å². The number of pyridine rings is 1. The van der Waals surface area contributed by atoms with Crippen LogP contribution in [0, 0.1) is 6.92 Å². The van der Waals surface area contributed by atoms with E-state index < -0.39 is 0 Å². The van der Waals surface area contributed by atoms with Gasteiger partial charge < -0.3 is 9.32 Å². The van der Waals surface area contributed by atoms with Crippen LogP contribution in [-0.2, 0) is 6.42 Å². The van der Waals surface area contributed by atoms with Crippen LogP contribution >= 0.6 is 22.9 Å². The molecule has 1 saturated heterocycles. The van der Waals surface area contributed by atoms with Crippen LogP contribution in [0.5, 0.6) is 0 Å². The molecule has 0 aliphatic carbocycles. The Balaban J connectivity index is 1.32. The molecule has 1 amide bonds. The lowest BCUT2D eigenvalue weighted by Crippen LogP contribution is -2.30. The summed E-state index contributed by atoms with van der Waals surface area (Å²) in [5, 5.41) is 0.701. The lowest BCUT2D eigenvalue weighted by molar-refractivity contribution is 0.0714. The summed E-state index contributed by atoms with van der Waals surface area (Å²) in [7, 11) is 0. The first-order chi connectivity index (χ1) is 15.6. The number of hydrogen-bond donors (Lipinski definition) is 0. The minimum absolute atomic E-state index is 0.0570. The maximum Gasteiger partial charge on any atom is 0.256 e. The van der Waals surface area contributed by atoms with Crippen LogP contribution in [0.4, 0.5) is 0 Å². The zero-order valence-corrected chi connectivity index (χ0v) is 19.1. The van der Waals surface area contributed by atoms with E-state index in [4.69, 9.17) is 16.0 Å². The highest BCUT2D eigenvalue weighted by Crippen LogP contribution is 2.34. The molecule has 5 rings (SSSR count). The molecule has 0 N–H and O–H groups in total. The highest BCUT2D eigenvalue weighted by Gasteiger charge is 2.34. The molecule has 1 aromatic carbocycles. The van der Waals surface area contributed by atoms with Crippen molar-refractivity contribution in [1.82, 2.24) is 19.9 Å². The highest BCUT2D eigenvalue weighted by molar-refractivity contribution is 7.13. The Morgan fingerprint density at radius 2 is 2.06 bits per heavy atom. The summed E-state index contributed by atoms with van der Waals surface area (Å²) in [6, 6.07) is 11.2. The van der Waals surface area contributed by atoms with Gasteiger partial charge in [0, 0.05) is 24.2 Å². The Bertz CT molecular complexity index is 1250. The topological polar surface area (TPSA) is 72.1 Å². The maximum absolute atomic E-state index is 13.2. The highest BCUT2D eigenvalue weighted by atomic mass is 35.5. The molecular formula is C24H21ClN4O2S. The molecule has 4 heterocycles. The lowest BCUT2D eigenvalue weighted by Gasteiger charge is -2.22. The maximum atomic E-state index is 13.2. The van der Waals surface area contributed by atoms with Crippen LogP contribution < -0.4 is 0 Å². The van der Waals surface area contributed by atoms with Crippen LogP contribution in [0.25, 0.3) is 10.6 Å². The Morgan fingerprint density at radius 1 is 1.19 bits per heavy atom. The van der Waals surface area contributed by atoms with E-state index in [1.54, 1.807) is 29.2 Å². The molecule has 4 aromatic rings. The van der Waals surface area contributed by atoms with Gasteiger partial charge in [0.2, 0.25) is 5.89 Å². The Labute approximate surface area is 194 Å². The number of aromatic nitrogens is 3. The number of benzene rings is 1. The monoisotopic (exact) mass is 464 g/mol. The first-order valence-electron chi connectivity index (χ1n) is 10.5. The van der Waals surface area contributed by atoms with E-state index in [0.717, 1.165) is 40.4 Å². The molecule has 32 heavy (non-hydrogen) atoms. The number of oxazole rings is 1. The second kappa shape index (κ2) is 8.84. The van der Waals surface area contributed by atoms with Crippen molar-refractivity contribution in [3.05, 3.63) is 87.8 Å². The Morgan fingerprint density at radius 3 is 2.81 bits per heavy atom. The van der Waals surface area contributed by atoms with Crippen molar-refractivity contribution in [2.24, 2.45) is 0 Å². The zero-order chi connectivity index (χ0) is 22.1. The third-order valence-corrected chi connectivity index (χ3v) is 7.00. The van der Waals surface area contributed by atoms with E-state index in [1.165, 1.54) is 0 Å². The van der Waals surface area contributed by atoms with E-state index in [-0.39, 0.29) is 11.9 Å². The van der Waals surface area contributed by atoms with Crippen LogP contribution in [0.3, 0.4) is 0 Å². The van der Waals surface area contributed by atoms with Gasteiger partial charge in [-0.3, -0.25) is 9.78 Å². The largest absolute Gasteiger partial charge is 0.443 e. The van der Waals surface area contributed by atoms with Crippen molar-refractivity contribution in [3.63, 3.8) is 0 Å². The molecule has 8 heteroatoms. The van der Waals surface area contributed by atoms with Gasteiger partial charge in [-0.15, -0.1) is 11.3 Å². The number of amides is 1. The van der Waals surface area contributed by atoms with Gasteiger partial charge in [-0.05, 0) is 43.5 Å². The Kier molecular flexibility index (Phi) is 5.76. The summed E-state index contributed by atoms with van der Waals surface area (Å²) in [4.78, 5) is 29.3. The molecule has 0 saturated carbocycles. The van der Waals surface area contributed by atoms with Gasteiger partial charge >= 0.3 is 0 Å². The number of thiazole rings is 1. The van der Waals surface area contributed by atoms with Crippen LogP contribution in [-0.4, -0.2) is 32.3 Å². The molecule has 0 spiro atoms. The predicted octanol–water partition coefficient (Wildman–Crippen LogP) is 5.72. The second-order valence-electron chi connectivity index (χ2n) is 7.79. The number of carbonyl (C=O) groups excluding carboxylic acids is 1. The lowest BCUT2D eigenvalue weighted by atomic mass is 10.1. The number of hydrogen-bond acceptors (Lipinski definition) is 6. The molecule has 162 valence electrons. The van der Waals surface area contributed by atoms with E-state index >= 15 is 0 Å². The third-order valence-electron chi connectivity index (χ3n) is 5.68. The minimum atomic E-state index is -0.175. The average Bonchev–Trinajstić information content (AvgIpc) is 3.56. The first-order valence-corrected chi connectivity index (χ1v) is 11.7. The van der Waals surface area contributed by atoms with E-state index in [2.05, 4.69) is 15.0 Å². The summed E-state index contributed by atoms with van der Waals surface area (Å²) >= 11 is 7.81. The number of nitrogens with zero attached hydrogens (tertiary/aromatic N) is 4.